The molecule has 0 aromatic carbocycles. The minimum absolute atomic E-state index is 0.257. The highest BCUT2D eigenvalue weighted by Gasteiger charge is 2.24. The molecular weight excluding hydrogens is 214 g/mol. The summed E-state index contributed by atoms with van der Waals surface area (Å²) < 4.78 is 0. The van der Waals surface area contributed by atoms with E-state index in [9.17, 15) is 14.4 Å². The van der Waals surface area contributed by atoms with Gasteiger partial charge in [0.25, 0.3) is 0 Å². The molecule has 5 N–H and O–H groups in total. The number of primary amides is 1. The number of hydrogen-bond donors (Lipinski definition) is 4. The van der Waals surface area contributed by atoms with Crippen molar-refractivity contribution in [1.29, 1.82) is 0 Å². The van der Waals surface area contributed by atoms with Crippen LogP contribution in [0.3, 0.4) is 0 Å². The van der Waals surface area contributed by atoms with Crippen molar-refractivity contribution < 1.29 is 19.5 Å². The second-order valence-corrected chi connectivity index (χ2v) is 3.80. The highest BCUT2D eigenvalue weighted by atomic mass is 16.4. The molecule has 1 unspecified atom stereocenters. The summed E-state index contributed by atoms with van der Waals surface area (Å²) in [5.74, 6) is -2.07. The number of nitrogens with two attached hydrogens (primary N) is 1. The van der Waals surface area contributed by atoms with Crippen LogP contribution in [-0.2, 0) is 9.59 Å². The second-order valence-electron chi connectivity index (χ2n) is 3.80. The van der Waals surface area contributed by atoms with Crippen LogP contribution in [0.1, 0.15) is 20.8 Å². The quantitative estimate of drug-likeness (QED) is 0.498. The van der Waals surface area contributed by atoms with Crippen LogP contribution in [0.25, 0.3) is 0 Å². The van der Waals surface area contributed by atoms with E-state index in [0.29, 0.717) is 0 Å². The van der Waals surface area contributed by atoms with E-state index < -0.39 is 30.0 Å². The molecule has 3 amide bonds. The number of aliphatic carboxylic acids is 1. The van der Waals surface area contributed by atoms with Crippen LogP contribution >= 0.6 is 0 Å². The van der Waals surface area contributed by atoms with Crippen molar-refractivity contribution in [3.05, 3.63) is 0 Å². The normalized spacial score (nSPS) is 14.0. The molecule has 7 nitrogen and oxygen atoms in total. The van der Waals surface area contributed by atoms with Gasteiger partial charge in [-0.05, 0) is 12.8 Å². The van der Waals surface area contributed by atoms with E-state index in [1.165, 1.54) is 6.92 Å². The Labute approximate surface area is 93.4 Å². The van der Waals surface area contributed by atoms with Gasteiger partial charge in [0.1, 0.15) is 12.1 Å². The van der Waals surface area contributed by atoms with Crippen molar-refractivity contribution in [2.45, 2.75) is 32.9 Å². The zero-order valence-electron chi connectivity index (χ0n) is 9.48. The van der Waals surface area contributed by atoms with Crippen LogP contribution < -0.4 is 16.4 Å². The summed E-state index contributed by atoms with van der Waals surface area (Å²) in [5, 5.41) is 13.3. The molecule has 0 radical (unpaired) electrons. The Morgan fingerprint density at radius 1 is 1.12 bits per heavy atom. The van der Waals surface area contributed by atoms with Crippen LogP contribution in [0.4, 0.5) is 4.79 Å². The van der Waals surface area contributed by atoms with Gasteiger partial charge in [-0.2, -0.15) is 0 Å². The molecule has 0 bridgehead atoms. The van der Waals surface area contributed by atoms with E-state index in [0.717, 1.165) is 0 Å². The van der Waals surface area contributed by atoms with Crippen molar-refractivity contribution >= 4 is 17.9 Å². The lowest BCUT2D eigenvalue weighted by Gasteiger charge is -2.19. The molecule has 0 aliphatic carbocycles. The van der Waals surface area contributed by atoms with Crippen LogP contribution in [0.2, 0.25) is 0 Å². The molecule has 0 aromatic rings. The van der Waals surface area contributed by atoms with Crippen LogP contribution in [0.15, 0.2) is 0 Å². The predicted octanol–water partition coefficient (Wildman–Crippen LogP) is -0.731. The highest BCUT2D eigenvalue weighted by molar-refractivity contribution is 5.87. The van der Waals surface area contributed by atoms with Crippen molar-refractivity contribution in [3.63, 3.8) is 0 Å². The largest absolute Gasteiger partial charge is 0.480 e. The summed E-state index contributed by atoms with van der Waals surface area (Å²) in [6.07, 6.45) is 0. The number of urea groups is 1. The number of nitrogens with one attached hydrogen (secondary N) is 2. The first-order chi connectivity index (χ1) is 7.25. The zero-order chi connectivity index (χ0) is 12.9. The van der Waals surface area contributed by atoms with E-state index in [1.54, 1.807) is 13.8 Å². The van der Waals surface area contributed by atoms with E-state index in [4.69, 9.17) is 10.8 Å². The molecule has 0 rings (SSSR count). The van der Waals surface area contributed by atoms with Crippen LogP contribution in [-0.4, -0.2) is 35.1 Å². The van der Waals surface area contributed by atoms with Gasteiger partial charge >= 0.3 is 12.0 Å². The fourth-order valence-electron chi connectivity index (χ4n) is 0.964. The fraction of sp³-hybridized carbons (Fsp3) is 0.667. The minimum Gasteiger partial charge on any atom is -0.480 e. The summed E-state index contributed by atoms with van der Waals surface area (Å²) in [7, 11) is 0. The monoisotopic (exact) mass is 231 g/mol. The van der Waals surface area contributed by atoms with Crippen molar-refractivity contribution in [2.75, 3.05) is 0 Å². The standard InChI is InChI=1S/C9H17N3O4/c1-4(2)6(8(14)15)12-9(16)11-5(3)7(10)13/h4-6H,1-3H3,(H2,10,13)(H,14,15)(H2,11,12,16)/t5?,6-/m1/s1. The van der Waals surface area contributed by atoms with E-state index in [2.05, 4.69) is 10.6 Å². The van der Waals surface area contributed by atoms with Gasteiger partial charge in [0.05, 0.1) is 0 Å². The third-order valence-corrected chi connectivity index (χ3v) is 1.99. The summed E-state index contributed by atoms with van der Waals surface area (Å²) in [6.45, 7) is 4.74. The summed E-state index contributed by atoms with van der Waals surface area (Å²) in [4.78, 5) is 32.7. The zero-order valence-corrected chi connectivity index (χ0v) is 9.48. The Morgan fingerprint density at radius 3 is 1.94 bits per heavy atom. The number of carboxylic acids is 1. The predicted molar refractivity (Wildman–Crippen MR) is 56.6 cm³/mol. The summed E-state index contributed by atoms with van der Waals surface area (Å²) >= 11 is 0. The summed E-state index contributed by atoms with van der Waals surface area (Å²) in [6, 6.07) is -2.57. The number of hydrogen-bond acceptors (Lipinski definition) is 3. The first-order valence-corrected chi connectivity index (χ1v) is 4.84. The Kier molecular flexibility index (Phi) is 5.27. The van der Waals surface area contributed by atoms with Crippen molar-refractivity contribution in [2.24, 2.45) is 11.7 Å². The van der Waals surface area contributed by atoms with Gasteiger partial charge in [-0.25, -0.2) is 9.59 Å². The first-order valence-electron chi connectivity index (χ1n) is 4.84. The number of carbonyl (C=O) groups is 3. The molecule has 0 saturated heterocycles. The van der Waals surface area contributed by atoms with E-state index in [1.807, 2.05) is 0 Å². The third-order valence-electron chi connectivity index (χ3n) is 1.99. The van der Waals surface area contributed by atoms with Gasteiger partial charge < -0.3 is 21.5 Å². The van der Waals surface area contributed by atoms with Gasteiger partial charge in [-0.3, -0.25) is 4.79 Å². The lowest BCUT2D eigenvalue weighted by molar-refractivity contribution is -0.140. The Hall–Kier alpha value is -1.79. The van der Waals surface area contributed by atoms with E-state index >= 15 is 0 Å². The average Bonchev–Trinajstić information content (AvgIpc) is 2.12. The van der Waals surface area contributed by atoms with Gasteiger partial charge in [-0.1, -0.05) is 13.8 Å². The first kappa shape index (κ1) is 14.2. The molecule has 16 heavy (non-hydrogen) atoms. The second kappa shape index (κ2) is 5.94. The average molecular weight is 231 g/mol. The van der Waals surface area contributed by atoms with Gasteiger partial charge in [0.2, 0.25) is 5.91 Å². The van der Waals surface area contributed by atoms with Crippen molar-refractivity contribution in [3.8, 4) is 0 Å². The van der Waals surface area contributed by atoms with Gasteiger partial charge in [0.15, 0.2) is 0 Å². The molecule has 7 heteroatoms. The molecule has 0 aromatic heterocycles. The molecule has 0 fully saturated rings. The Morgan fingerprint density at radius 2 is 1.62 bits per heavy atom. The fourth-order valence-corrected chi connectivity index (χ4v) is 0.964. The molecule has 0 spiro atoms. The number of amides is 3. The Balaban J connectivity index is 4.31. The van der Waals surface area contributed by atoms with Crippen LogP contribution in [0.5, 0.6) is 0 Å². The topological polar surface area (TPSA) is 122 Å². The molecule has 0 saturated carbocycles. The van der Waals surface area contributed by atoms with E-state index in [-0.39, 0.29) is 5.92 Å². The molecule has 0 aliphatic rings. The molecule has 0 aliphatic heterocycles. The maximum Gasteiger partial charge on any atom is 0.326 e. The van der Waals surface area contributed by atoms with Crippen LogP contribution in [0, 0.1) is 5.92 Å². The minimum atomic E-state index is -1.13. The number of rotatable bonds is 5. The smallest absolute Gasteiger partial charge is 0.326 e. The lowest BCUT2D eigenvalue weighted by atomic mass is 10.1. The molecule has 92 valence electrons. The Bertz CT molecular complexity index is 290. The molecule has 2 atom stereocenters. The maximum atomic E-state index is 11.3. The lowest BCUT2D eigenvalue weighted by Crippen LogP contribution is -2.52. The molecular formula is C9H17N3O4. The third kappa shape index (κ3) is 4.63. The number of carboxylic acid groups (broad SMARTS) is 1. The van der Waals surface area contributed by atoms with Crippen molar-refractivity contribution in [1.82, 2.24) is 10.6 Å². The SMILES string of the molecule is CC(NC(=O)N[C@@H](C(=O)O)C(C)C)C(N)=O. The summed E-state index contributed by atoms with van der Waals surface area (Å²) in [5.41, 5.74) is 4.94. The van der Waals surface area contributed by atoms with Gasteiger partial charge in [-0.15, -0.1) is 0 Å². The van der Waals surface area contributed by atoms with Gasteiger partial charge in [0, 0.05) is 0 Å². The number of carbonyl (C=O) groups excluding carboxylic acids is 2. The maximum absolute atomic E-state index is 11.3. The highest BCUT2D eigenvalue weighted by Crippen LogP contribution is 2.01. The molecule has 0 heterocycles.